The van der Waals surface area contributed by atoms with Gasteiger partial charge in [0.15, 0.2) is 0 Å². The van der Waals surface area contributed by atoms with E-state index in [0.29, 0.717) is 5.39 Å². The van der Waals surface area contributed by atoms with E-state index in [9.17, 15) is 9.59 Å². The summed E-state index contributed by atoms with van der Waals surface area (Å²) in [6.45, 7) is 0. The molecule has 0 radical (unpaired) electrons. The Balaban J connectivity index is 2.56. The van der Waals surface area contributed by atoms with Gasteiger partial charge < -0.3 is 0 Å². The molecule has 14 heavy (non-hydrogen) atoms. The maximum absolute atomic E-state index is 11.6. The van der Waals surface area contributed by atoms with Gasteiger partial charge in [-0.15, -0.1) is 11.3 Å². The van der Waals surface area contributed by atoms with Crippen molar-refractivity contribution < 1.29 is 0 Å². The average molecular weight is 208 g/mol. The number of rotatable bonds is 0. The lowest BCUT2D eigenvalue weighted by Crippen LogP contribution is -2.21. The summed E-state index contributed by atoms with van der Waals surface area (Å²) in [5.41, 5.74) is 0.480. The number of aromatic nitrogens is 2. The van der Waals surface area contributed by atoms with Crippen molar-refractivity contribution in [3.63, 3.8) is 0 Å². The molecule has 1 aliphatic carbocycles. The quantitative estimate of drug-likeness (QED) is 0.671. The van der Waals surface area contributed by atoms with Crippen LogP contribution < -0.4 is 11.2 Å². The van der Waals surface area contributed by atoms with Crippen molar-refractivity contribution >= 4 is 21.6 Å². The molecule has 0 unspecified atom stereocenters. The van der Waals surface area contributed by atoms with Crippen LogP contribution in [0, 0.1) is 0 Å². The molecule has 0 saturated heterocycles. The number of aryl methyl sites for hydroxylation is 2. The Morgan fingerprint density at radius 3 is 2.86 bits per heavy atom. The van der Waals surface area contributed by atoms with E-state index in [1.54, 1.807) is 0 Å². The molecule has 2 N–H and O–H groups in total. The van der Waals surface area contributed by atoms with Crippen molar-refractivity contribution in [1.29, 1.82) is 0 Å². The summed E-state index contributed by atoms with van der Waals surface area (Å²) in [6, 6.07) is 0. The number of thiophene rings is 1. The van der Waals surface area contributed by atoms with Gasteiger partial charge in [-0.3, -0.25) is 14.8 Å². The first kappa shape index (κ1) is 7.99. The van der Waals surface area contributed by atoms with Gasteiger partial charge in [0.1, 0.15) is 4.83 Å². The molecule has 1 aliphatic rings. The Bertz CT molecular complexity index is 620. The van der Waals surface area contributed by atoms with Gasteiger partial charge in [0, 0.05) is 4.88 Å². The maximum atomic E-state index is 11.6. The lowest BCUT2D eigenvalue weighted by atomic mass is 10.2. The van der Waals surface area contributed by atoms with E-state index in [2.05, 4.69) is 9.97 Å². The van der Waals surface area contributed by atoms with Gasteiger partial charge in [-0.1, -0.05) is 0 Å². The first-order chi connectivity index (χ1) is 6.75. The monoisotopic (exact) mass is 208 g/mol. The second-order valence-electron chi connectivity index (χ2n) is 3.47. The first-order valence-electron chi connectivity index (χ1n) is 4.52. The number of H-pyrrole nitrogens is 2. The highest BCUT2D eigenvalue weighted by atomic mass is 32.1. The molecule has 0 saturated carbocycles. The molecule has 2 heterocycles. The van der Waals surface area contributed by atoms with Crippen LogP contribution in [-0.4, -0.2) is 9.97 Å². The van der Waals surface area contributed by atoms with Crippen LogP contribution in [-0.2, 0) is 12.8 Å². The van der Waals surface area contributed by atoms with Crippen LogP contribution in [0.1, 0.15) is 16.9 Å². The van der Waals surface area contributed by atoms with Crippen molar-refractivity contribution in [2.45, 2.75) is 19.3 Å². The molecule has 2 aromatic heterocycles. The van der Waals surface area contributed by atoms with E-state index in [1.807, 2.05) is 0 Å². The molecule has 0 atom stereocenters. The highest BCUT2D eigenvalue weighted by Gasteiger charge is 2.19. The SMILES string of the molecule is O=c1[nH]c(=O)c2c3c(sc2[nH]1)CCC3. The summed E-state index contributed by atoms with van der Waals surface area (Å²) in [5.74, 6) is 0. The second-order valence-corrected chi connectivity index (χ2v) is 4.57. The molecule has 72 valence electrons. The van der Waals surface area contributed by atoms with Crippen molar-refractivity contribution in [1.82, 2.24) is 9.97 Å². The predicted octanol–water partition coefficient (Wildman–Crippen LogP) is 0.767. The van der Waals surface area contributed by atoms with Gasteiger partial charge in [0.25, 0.3) is 5.56 Å². The smallest absolute Gasteiger partial charge is 0.298 e. The Morgan fingerprint density at radius 1 is 1.14 bits per heavy atom. The highest BCUT2D eigenvalue weighted by Crippen LogP contribution is 2.33. The summed E-state index contributed by atoms with van der Waals surface area (Å²) >= 11 is 1.54. The van der Waals surface area contributed by atoms with E-state index in [-0.39, 0.29) is 5.56 Å². The number of hydrogen-bond donors (Lipinski definition) is 2. The van der Waals surface area contributed by atoms with Crippen LogP contribution in [0.4, 0.5) is 0 Å². The fourth-order valence-electron chi connectivity index (χ4n) is 2.03. The van der Waals surface area contributed by atoms with Crippen LogP contribution in [0.25, 0.3) is 10.2 Å². The van der Waals surface area contributed by atoms with Crippen LogP contribution >= 0.6 is 11.3 Å². The van der Waals surface area contributed by atoms with E-state index in [1.165, 1.54) is 16.2 Å². The Hall–Kier alpha value is -1.36. The van der Waals surface area contributed by atoms with Crippen LogP contribution in [0.5, 0.6) is 0 Å². The zero-order chi connectivity index (χ0) is 9.71. The van der Waals surface area contributed by atoms with Crippen molar-refractivity contribution in [3.05, 3.63) is 31.3 Å². The van der Waals surface area contributed by atoms with Gasteiger partial charge in [-0.25, -0.2) is 4.79 Å². The molecular weight excluding hydrogens is 200 g/mol. The lowest BCUT2D eigenvalue weighted by molar-refractivity contribution is 0.916. The summed E-state index contributed by atoms with van der Waals surface area (Å²) in [5, 5.41) is 0.696. The number of aromatic amines is 2. The van der Waals surface area contributed by atoms with Gasteiger partial charge in [-0.05, 0) is 24.8 Å². The fourth-order valence-corrected chi connectivity index (χ4v) is 3.31. The van der Waals surface area contributed by atoms with Crippen molar-refractivity contribution in [2.24, 2.45) is 0 Å². The Morgan fingerprint density at radius 2 is 2.00 bits per heavy atom. The molecule has 0 aliphatic heterocycles. The first-order valence-corrected chi connectivity index (χ1v) is 5.34. The van der Waals surface area contributed by atoms with Crippen LogP contribution in [0.15, 0.2) is 9.59 Å². The third kappa shape index (κ3) is 0.928. The van der Waals surface area contributed by atoms with Gasteiger partial charge in [0.05, 0.1) is 5.39 Å². The van der Waals surface area contributed by atoms with Crippen molar-refractivity contribution in [3.8, 4) is 0 Å². The predicted molar refractivity (Wildman–Crippen MR) is 55.1 cm³/mol. The molecule has 0 fully saturated rings. The molecule has 0 amide bonds. The molecule has 4 nitrogen and oxygen atoms in total. The Labute approximate surface area is 82.6 Å². The minimum absolute atomic E-state index is 0.247. The minimum atomic E-state index is -0.414. The van der Waals surface area contributed by atoms with E-state index in [4.69, 9.17) is 0 Å². The van der Waals surface area contributed by atoms with E-state index in [0.717, 1.165) is 29.7 Å². The number of fused-ring (bicyclic) bond motifs is 3. The van der Waals surface area contributed by atoms with E-state index >= 15 is 0 Å². The zero-order valence-electron chi connectivity index (χ0n) is 7.35. The summed E-state index contributed by atoms with van der Waals surface area (Å²) in [6.07, 6.45) is 3.12. The molecule has 2 aromatic rings. The van der Waals surface area contributed by atoms with E-state index < -0.39 is 5.69 Å². The third-order valence-corrected chi connectivity index (χ3v) is 3.81. The van der Waals surface area contributed by atoms with Crippen LogP contribution in [0.3, 0.4) is 0 Å². The summed E-state index contributed by atoms with van der Waals surface area (Å²) < 4.78 is 0. The van der Waals surface area contributed by atoms with Gasteiger partial charge >= 0.3 is 5.69 Å². The maximum Gasteiger partial charge on any atom is 0.326 e. The Kier molecular flexibility index (Phi) is 1.47. The zero-order valence-corrected chi connectivity index (χ0v) is 8.16. The normalized spacial score (nSPS) is 14.9. The molecule has 5 heteroatoms. The standard InChI is InChI=1S/C9H8N2O2S/c12-7-6-4-2-1-3-5(4)14-8(6)11-9(13)10-7/h1-3H2,(H2,10,11,12,13). The molecular formula is C9H8N2O2S. The number of nitrogens with one attached hydrogen (secondary N) is 2. The van der Waals surface area contributed by atoms with Crippen LogP contribution in [0.2, 0.25) is 0 Å². The fraction of sp³-hybridized carbons (Fsp3) is 0.333. The molecule has 0 aromatic carbocycles. The topological polar surface area (TPSA) is 65.7 Å². The minimum Gasteiger partial charge on any atom is -0.298 e. The largest absolute Gasteiger partial charge is 0.326 e. The third-order valence-electron chi connectivity index (χ3n) is 2.60. The molecule has 0 bridgehead atoms. The summed E-state index contributed by atoms with van der Waals surface area (Å²) in [4.78, 5) is 29.5. The lowest BCUT2D eigenvalue weighted by Gasteiger charge is -1.90. The van der Waals surface area contributed by atoms with Crippen molar-refractivity contribution in [2.75, 3.05) is 0 Å². The van der Waals surface area contributed by atoms with Gasteiger partial charge in [-0.2, -0.15) is 0 Å². The second kappa shape index (κ2) is 2.57. The van der Waals surface area contributed by atoms with Gasteiger partial charge in [0.2, 0.25) is 0 Å². The highest BCUT2D eigenvalue weighted by molar-refractivity contribution is 7.18. The average Bonchev–Trinajstić information content (AvgIpc) is 2.60. The number of hydrogen-bond acceptors (Lipinski definition) is 3. The summed E-state index contributed by atoms with van der Waals surface area (Å²) in [7, 11) is 0. The molecule has 0 spiro atoms. The molecule has 3 rings (SSSR count).